The molecule has 0 spiro atoms. The molecular weight excluding hydrogens is 355 g/mol. The maximum absolute atomic E-state index is 9.75. The highest BCUT2D eigenvalue weighted by Gasteiger charge is 2.24. The summed E-state index contributed by atoms with van der Waals surface area (Å²) in [4.78, 5) is 0. The molecule has 0 bridgehead atoms. The molecule has 150 valence electrons. The minimum atomic E-state index is -6.00. The van der Waals surface area contributed by atoms with E-state index in [4.69, 9.17) is 0 Å². The smallest absolute Gasteiger partial charge is 0.418 e. The molecule has 1 aliphatic rings. The second-order valence-electron chi connectivity index (χ2n) is 7.79. The zero-order valence-electron chi connectivity index (χ0n) is 16.5. The molecule has 1 aromatic heterocycles. The van der Waals surface area contributed by atoms with Crippen molar-refractivity contribution in [2.75, 3.05) is 0 Å². The first-order valence-corrected chi connectivity index (χ1v) is 9.67. The van der Waals surface area contributed by atoms with E-state index in [-0.39, 0.29) is 0 Å². The molecule has 1 saturated carbocycles. The van der Waals surface area contributed by atoms with Gasteiger partial charge in [0.2, 0.25) is 6.33 Å². The number of halogens is 4. The van der Waals surface area contributed by atoms with Gasteiger partial charge in [0.05, 0.1) is 0 Å². The van der Waals surface area contributed by atoms with Gasteiger partial charge in [-0.15, -0.1) is 0 Å². The Morgan fingerprint density at radius 3 is 2.11 bits per heavy atom. The predicted octanol–water partition coefficient (Wildman–Crippen LogP) is 6.43. The molecule has 3 rings (SSSR count). The molecule has 1 fully saturated rings. The van der Waals surface area contributed by atoms with Crippen LogP contribution in [0.3, 0.4) is 0 Å². The van der Waals surface area contributed by atoms with Crippen LogP contribution in [0.1, 0.15) is 82.4 Å². The van der Waals surface area contributed by atoms with E-state index in [1.807, 2.05) is 0 Å². The molecule has 2 aromatic rings. The van der Waals surface area contributed by atoms with Crippen molar-refractivity contribution in [1.29, 1.82) is 0 Å². The fourth-order valence-corrected chi connectivity index (χ4v) is 3.86. The van der Waals surface area contributed by atoms with Gasteiger partial charge >= 0.3 is 7.25 Å². The summed E-state index contributed by atoms with van der Waals surface area (Å²) in [6.07, 6.45) is 12.2. The molecule has 2 nitrogen and oxygen atoms in total. The normalized spacial score (nSPS) is 15.3. The largest absolute Gasteiger partial charge is 0.673 e. The predicted molar refractivity (Wildman–Crippen MR) is 102 cm³/mol. The first-order valence-electron chi connectivity index (χ1n) is 9.67. The monoisotopic (exact) mass is 384 g/mol. The van der Waals surface area contributed by atoms with Crippen LogP contribution in [-0.4, -0.2) is 11.8 Å². The summed E-state index contributed by atoms with van der Waals surface area (Å²) in [5.41, 5.74) is 4.32. The summed E-state index contributed by atoms with van der Waals surface area (Å²) in [5.74, 6) is 1.10. The fraction of sp³-hybridized carbons (Fsp3) is 0.550. The number of imidazole rings is 1. The Kier molecular flexibility index (Phi) is 7.12. The van der Waals surface area contributed by atoms with E-state index in [1.54, 1.807) is 0 Å². The molecule has 1 aromatic carbocycles. The van der Waals surface area contributed by atoms with Crippen LogP contribution in [0, 0.1) is 0 Å². The van der Waals surface area contributed by atoms with E-state index in [2.05, 4.69) is 73.7 Å². The Hall–Kier alpha value is -1.79. The van der Waals surface area contributed by atoms with Crippen LogP contribution in [-0.2, 0) is 0 Å². The summed E-state index contributed by atoms with van der Waals surface area (Å²) in [7, 11) is -6.00. The van der Waals surface area contributed by atoms with Crippen LogP contribution < -0.4 is 4.57 Å². The molecule has 27 heavy (non-hydrogen) atoms. The Balaban J connectivity index is 0.000000465. The topological polar surface area (TPSA) is 8.81 Å². The molecule has 0 N–H and O–H groups in total. The van der Waals surface area contributed by atoms with Crippen molar-refractivity contribution in [2.45, 2.75) is 71.3 Å². The highest BCUT2D eigenvalue weighted by molar-refractivity contribution is 6.50. The number of aromatic nitrogens is 2. The second-order valence-corrected chi connectivity index (χ2v) is 7.79. The summed E-state index contributed by atoms with van der Waals surface area (Å²) >= 11 is 0. The van der Waals surface area contributed by atoms with Crippen molar-refractivity contribution in [3.05, 3.63) is 48.0 Å². The van der Waals surface area contributed by atoms with Gasteiger partial charge in [-0.2, -0.15) is 0 Å². The molecule has 0 atom stereocenters. The average molecular weight is 384 g/mol. The summed E-state index contributed by atoms with van der Waals surface area (Å²) < 4.78 is 43.7. The SMILES string of the molecule is CC(C)c1cccc(-n2cc[n+](C3CCCC3)c2)c1C(C)C.F[B-](F)(F)F. The highest BCUT2D eigenvalue weighted by Crippen LogP contribution is 2.31. The van der Waals surface area contributed by atoms with Gasteiger partial charge in [0, 0.05) is 5.56 Å². The highest BCUT2D eigenvalue weighted by atomic mass is 19.5. The van der Waals surface area contributed by atoms with E-state index in [9.17, 15) is 17.3 Å². The van der Waals surface area contributed by atoms with Crippen LogP contribution in [0.2, 0.25) is 0 Å². The Morgan fingerprint density at radius 1 is 1.00 bits per heavy atom. The van der Waals surface area contributed by atoms with Crippen LogP contribution in [0.25, 0.3) is 5.69 Å². The maximum atomic E-state index is 9.75. The number of hydrogen-bond acceptors (Lipinski definition) is 0. The molecule has 0 aliphatic heterocycles. The van der Waals surface area contributed by atoms with Crippen molar-refractivity contribution in [2.24, 2.45) is 0 Å². The number of rotatable bonds is 4. The zero-order valence-corrected chi connectivity index (χ0v) is 16.5. The lowest BCUT2D eigenvalue weighted by Gasteiger charge is -2.18. The summed E-state index contributed by atoms with van der Waals surface area (Å²) in [6, 6.07) is 7.46. The van der Waals surface area contributed by atoms with Crippen LogP contribution in [0.5, 0.6) is 0 Å². The number of benzene rings is 1. The molecule has 0 radical (unpaired) electrons. The Morgan fingerprint density at radius 2 is 1.59 bits per heavy atom. The fourth-order valence-electron chi connectivity index (χ4n) is 3.86. The van der Waals surface area contributed by atoms with Gasteiger partial charge in [-0.25, -0.2) is 9.13 Å². The first-order chi connectivity index (χ1) is 12.6. The molecular formula is C20H29BF4N2. The van der Waals surface area contributed by atoms with Gasteiger partial charge in [-0.1, -0.05) is 39.8 Å². The summed E-state index contributed by atoms with van der Waals surface area (Å²) in [6.45, 7) is 9.19. The lowest BCUT2D eigenvalue weighted by atomic mass is 9.89. The van der Waals surface area contributed by atoms with Crippen LogP contribution in [0.4, 0.5) is 17.3 Å². The van der Waals surface area contributed by atoms with Gasteiger partial charge in [0.1, 0.15) is 24.1 Å². The van der Waals surface area contributed by atoms with Crippen molar-refractivity contribution in [3.63, 3.8) is 0 Å². The summed E-state index contributed by atoms with van der Waals surface area (Å²) in [5, 5.41) is 0. The standard InChI is InChI=1S/C20H29N2.BF4/c1-15(2)18-10-7-11-19(20(18)16(3)4)22-13-12-21(14-22)17-8-5-6-9-17;2-1(3,4)5/h7,10-17H,5-6,8-9H2,1-4H3;/q+1;-1. The van der Waals surface area contributed by atoms with Gasteiger partial charge in [0.25, 0.3) is 0 Å². The van der Waals surface area contributed by atoms with Crippen molar-refractivity contribution in [3.8, 4) is 5.69 Å². The van der Waals surface area contributed by atoms with Crippen molar-refractivity contribution < 1.29 is 21.8 Å². The van der Waals surface area contributed by atoms with E-state index < -0.39 is 7.25 Å². The molecule has 0 amide bonds. The first kappa shape index (κ1) is 21.5. The lowest BCUT2D eigenvalue weighted by molar-refractivity contribution is -0.721. The molecule has 7 heteroatoms. The van der Waals surface area contributed by atoms with Gasteiger partial charge in [-0.05, 0) is 49.1 Å². The minimum Gasteiger partial charge on any atom is -0.418 e. The number of nitrogens with zero attached hydrogens (tertiary/aromatic N) is 2. The third kappa shape index (κ3) is 6.11. The van der Waals surface area contributed by atoms with E-state index >= 15 is 0 Å². The third-order valence-electron chi connectivity index (χ3n) is 5.00. The molecule has 1 aliphatic carbocycles. The van der Waals surface area contributed by atoms with Crippen molar-refractivity contribution >= 4 is 7.25 Å². The van der Waals surface area contributed by atoms with Crippen molar-refractivity contribution in [1.82, 2.24) is 4.57 Å². The van der Waals surface area contributed by atoms with Crippen LogP contribution >= 0.6 is 0 Å². The quantitative estimate of drug-likeness (QED) is 0.326. The zero-order chi connectivity index (χ0) is 20.2. The van der Waals surface area contributed by atoms with Crippen LogP contribution in [0.15, 0.2) is 36.9 Å². The van der Waals surface area contributed by atoms with Gasteiger partial charge in [0.15, 0.2) is 0 Å². The Bertz CT molecular complexity index is 726. The molecule has 1 heterocycles. The van der Waals surface area contributed by atoms with E-state index in [1.165, 1.54) is 42.5 Å². The molecule has 0 unspecified atom stereocenters. The Labute approximate surface area is 159 Å². The third-order valence-corrected chi connectivity index (χ3v) is 5.00. The number of hydrogen-bond donors (Lipinski definition) is 0. The van der Waals surface area contributed by atoms with E-state index in [0.717, 1.165) is 0 Å². The van der Waals surface area contributed by atoms with Gasteiger partial charge < -0.3 is 17.3 Å². The maximum Gasteiger partial charge on any atom is 0.673 e. The molecule has 0 saturated heterocycles. The second kappa shape index (κ2) is 8.94. The van der Waals surface area contributed by atoms with E-state index in [0.29, 0.717) is 17.9 Å². The van der Waals surface area contributed by atoms with Gasteiger partial charge in [-0.3, -0.25) is 0 Å². The average Bonchev–Trinajstić information content (AvgIpc) is 3.23. The minimum absolute atomic E-state index is 0.538. The lowest BCUT2D eigenvalue weighted by Crippen LogP contribution is -2.35.